The van der Waals surface area contributed by atoms with Crippen molar-refractivity contribution in [1.29, 1.82) is 0 Å². The molecular weight excluding hydrogens is 236 g/mol. The third-order valence-electron chi connectivity index (χ3n) is 2.79. The number of hydrogen-bond acceptors (Lipinski definition) is 2. The van der Waals surface area contributed by atoms with Crippen LogP contribution in [0.25, 0.3) is 0 Å². The molecule has 0 fully saturated rings. The summed E-state index contributed by atoms with van der Waals surface area (Å²) >= 11 is 0. The van der Waals surface area contributed by atoms with E-state index in [0.29, 0.717) is 0 Å². The first kappa shape index (κ1) is 15.0. The Kier molecular flexibility index (Phi) is 4.94. The molecule has 1 aromatic rings. The number of terminal acetylenes is 1. The Hall–Kier alpha value is -2.01. The van der Waals surface area contributed by atoms with Crippen LogP contribution in [0, 0.1) is 33.1 Å². The quantitative estimate of drug-likeness (QED) is 0.467. The topological polar surface area (TPSA) is 26.3 Å². The predicted octanol–water partition coefficient (Wildman–Crippen LogP) is 3.80. The Morgan fingerprint density at radius 3 is 2.21 bits per heavy atom. The van der Waals surface area contributed by atoms with Crippen molar-refractivity contribution in [3.63, 3.8) is 0 Å². The van der Waals surface area contributed by atoms with E-state index in [1.807, 2.05) is 46.8 Å². The number of aryl methyl sites for hydroxylation is 3. The Morgan fingerprint density at radius 1 is 1.26 bits per heavy atom. The van der Waals surface area contributed by atoms with Crippen LogP contribution in [-0.4, -0.2) is 5.97 Å². The molecule has 19 heavy (non-hydrogen) atoms. The largest absolute Gasteiger partial charge is 0.441 e. The maximum atomic E-state index is 11.7. The standard InChI is InChI=1S/C17H20O2/c1-7-15(19-16(18)8-11(2)3)17-13(5)9-12(4)10-14(17)6/h1,8-10,15H,2-6H3. The van der Waals surface area contributed by atoms with Crippen molar-refractivity contribution in [2.24, 2.45) is 0 Å². The maximum absolute atomic E-state index is 11.7. The van der Waals surface area contributed by atoms with Crippen molar-refractivity contribution in [3.8, 4) is 12.3 Å². The molecule has 1 unspecified atom stereocenters. The lowest BCUT2D eigenvalue weighted by atomic mass is 9.96. The van der Waals surface area contributed by atoms with Crippen LogP contribution in [0.1, 0.15) is 42.2 Å². The van der Waals surface area contributed by atoms with Crippen LogP contribution in [-0.2, 0) is 9.53 Å². The van der Waals surface area contributed by atoms with Crippen LogP contribution < -0.4 is 0 Å². The maximum Gasteiger partial charge on any atom is 0.332 e. The summed E-state index contributed by atoms with van der Waals surface area (Å²) in [5, 5.41) is 0. The van der Waals surface area contributed by atoms with Gasteiger partial charge in [-0.05, 0) is 45.7 Å². The van der Waals surface area contributed by atoms with Gasteiger partial charge in [0.15, 0.2) is 6.10 Å². The van der Waals surface area contributed by atoms with E-state index in [-0.39, 0.29) is 0 Å². The van der Waals surface area contributed by atoms with Gasteiger partial charge in [0.05, 0.1) is 0 Å². The summed E-state index contributed by atoms with van der Waals surface area (Å²) in [7, 11) is 0. The van der Waals surface area contributed by atoms with E-state index >= 15 is 0 Å². The SMILES string of the molecule is C#CC(OC(=O)C=C(C)C)c1c(C)cc(C)cc1C. The molecule has 0 amide bonds. The fraction of sp³-hybridized carbons (Fsp3) is 0.353. The summed E-state index contributed by atoms with van der Waals surface area (Å²) in [6.07, 6.45) is 6.32. The molecule has 0 bridgehead atoms. The molecule has 2 nitrogen and oxygen atoms in total. The van der Waals surface area contributed by atoms with E-state index in [0.717, 1.165) is 22.3 Å². The number of carbonyl (C=O) groups excluding carboxylic acids is 1. The molecule has 0 heterocycles. The van der Waals surface area contributed by atoms with Crippen LogP contribution >= 0.6 is 0 Å². The average Bonchev–Trinajstić information content (AvgIpc) is 2.24. The summed E-state index contributed by atoms with van der Waals surface area (Å²) < 4.78 is 5.35. The fourth-order valence-electron chi connectivity index (χ4n) is 2.17. The van der Waals surface area contributed by atoms with Crippen molar-refractivity contribution in [2.45, 2.75) is 40.7 Å². The van der Waals surface area contributed by atoms with E-state index in [1.54, 1.807) is 0 Å². The zero-order chi connectivity index (χ0) is 14.6. The van der Waals surface area contributed by atoms with Gasteiger partial charge in [0.1, 0.15) is 0 Å². The lowest BCUT2D eigenvalue weighted by molar-refractivity contribution is -0.140. The van der Waals surface area contributed by atoms with Gasteiger partial charge in [0.25, 0.3) is 0 Å². The van der Waals surface area contributed by atoms with Gasteiger partial charge >= 0.3 is 5.97 Å². The van der Waals surface area contributed by atoms with Crippen molar-refractivity contribution < 1.29 is 9.53 Å². The molecule has 1 aromatic carbocycles. The fourth-order valence-corrected chi connectivity index (χ4v) is 2.17. The minimum atomic E-state index is -0.635. The van der Waals surface area contributed by atoms with E-state index < -0.39 is 12.1 Å². The molecule has 0 aliphatic heterocycles. The first-order chi connectivity index (χ1) is 8.85. The Bertz CT molecular complexity index is 532. The molecule has 0 radical (unpaired) electrons. The third kappa shape index (κ3) is 3.99. The lowest BCUT2D eigenvalue weighted by Gasteiger charge is -2.17. The van der Waals surface area contributed by atoms with Crippen LogP contribution in [0.15, 0.2) is 23.8 Å². The summed E-state index contributed by atoms with van der Waals surface area (Å²) in [6.45, 7) is 9.68. The second-order valence-electron chi connectivity index (χ2n) is 5.02. The number of benzene rings is 1. The van der Waals surface area contributed by atoms with Gasteiger partial charge in [0.2, 0.25) is 0 Å². The zero-order valence-corrected chi connectivity index (χ0v) is 12.2. The van der Waals surface area contributed by atoms with Gasteiger partial charge in [-0.25, -0.2) is 4.79 Å². The van der Waals surface area contributed by atoms with Crippen LogP contribution in [0.5, 0.6) is 0 Å². The molecule has 1 rings (SSSR count). The number of esters is 1. The Labute approximate surface area is 115 Å². The average molecular weight is 256 g/mol. The number of hydrogen-bond donors (Lipinski definition) is 0. The molecule has 0 N–H and O–H groups in total. The Morgan fingerprint density at radius 2 is 1.79 bits per heavy atom. The monoisotopic (exact) mass is 256 g/mol. The Balaban J connectivity index is 3.09. The van der Waals surface area contributed by atoms with Crippen molar-refractivity contribution >= 4 is 5.97 Å². The summed E-state index contributed by atoms with van der Waals surface area (Å²) in [4.78, 5) is 11.7. The van der Waals surface area contributed by atoms with Crippen LogP contribution in [0.3, 0.4) is 0 Å². The molecule has 0 aromatic heterocycles. The molecule has 0 aliphatic rings. The second-order valence-corrected chi connectivity index (χ2v) is 5.02. The molecule has 0 saturated carbocycles. The van der Waals surface area contributed by atoms with Crippen molar-refractivity contribution in [2.75, 3.05) is 0 Å². The first-order valence-electron chi connectivity index (χ1n) is 6.24. The van der Waals surface area contributed by atoms with Gasteiger partial charge in [-0.2, -0.15) is 0 Å². The summed E-state index contributed by atoms with van der Waals surface area (Å²) in [6, 6.07) is 4.09. The highest BCUT2D eigenvalue weighted by Gasteiger charge is 2.17. The van der Waals surface area contributed by atoms with E-state index in [2.05, 4.69) is 5.92 Å². The first-order valence-corrected chi connectivity index (χ1v) is 6.24. The number of carbonyl (C=O) groups is 1. The van der Waals surface area contributed by atoms with E-state index in [9.17, 15) is 4.79 Å². The normalized spacial score (nSPS) is 11.4. The summed E-state index contributed by atoms with van der Waals surface area (Å²) in [5.41, 5.74) is 5.06. The number of ether oxygens (including phenoxy) is 1. The third-order valence-corrected chi connectivity index (χ3v) is 2.79. The summed E-state index contributed by atoms with van der Waals surface area (Å²) in [5.74, 6) is 2.15. The van der Waals surface area contributed by atoms with Crippen LogP contribution in [0.4, 0.5) is 0 Å². The molecule has 100 valence electrons. The van der Waals surface area contributed by atoms with Gasteiger partial charge in [-0.15, -0.1) is 6.42 Å². The number of allylic oxidation sites excluding steroid dienone is 1. The van der Waals surface area contributed by atoms with E-state index in [1.165, 1.54) is 11.6 Å². The molecular formula is C17H20O2. The molecule has 1 atom stereocenters. The molecule has 2 heteroatoms. The highest BCUT2D eigenvalue weighted by molar-refractivity contribution is 5.83. The van der Waals surface area contributed by atoms with Crippen molar-refractivity contribution in [1.82, 2.24) is 0 Å². The predicted molar refractivity (Wildman–Crippen MR) is 77.8 cm³/mol. The second kappa shape index (κ2) is 6.24. The van der Waals surface area contributed by atoms with Gasteiger partial charge in [-0.1, -0.05) is 29.2 Å². The molecule has 0 saturated heterocycles. The van der Waals surface area contributed by atoms with Gasteiger partial charge in [-0.3, -0.25) is 0 Å². The smallest absolute Gasteiger partial charge is 0.332 e. The highest BCUT2D eigenvalue weighted by atomic mass is 16.5. The molecule has 0 spiro atoms. The highest BCUT2D eigenvalue weighted by Crippen LogP contribution is 2.26. The van der Waals surface area contributed by atoms with Gasteiger partial charge < -0.3 is 4.74 Å². The van der Waals surface area contributed by atoms with Crippen molar-refractivity contribution in [3.05, 3.63) is 46.0 Å². The number of rotatable bonds is 3. The van der Waals surface area contributed by atoms with Crippen LogP contribution in [0.2, 0.25) is 0 Å². The van der Waals surface area contributed by atoms with E-state index in [4.69, 9.17) is 11.2 Å². The lowest BCUT2D eigenvalue weighted by Crippen LogP contribution is -2.11. The minimum Gasteiger partial charge on any atom is -0.441 e. The van der Waals surface area contributed by atoms with Gasteiger partial charge in [0, 0.05) is 11.6 Å². The minimum absolute atomic E-state index is 0.401. The molecule has 0 aliphatic carbocycles. The zero-order valence-electron chi connectivity index (χ0n) is 12.2.